The summed E-state index contributed by atoms with van der Waals surface area (Å²) >= 11 is 5.66. The maximum atomic E-state index is 11.3. The summed E-state index contributed by atoms with van der Waals surface area (Å²) in [6, 6.07) is 0. The molecule has 1 amide bonds. The molecule has 0 unspecified atom stereocenters. The van der Waals surface area contributed by atoms with E-state index >= 15 is 0 Å². The van der Waals surface area contributed by atoms with Gasteiger partial charge >= 0.3 is 0 Å². The van der Waals surface area contributed by atoms with E-state index in [9.17, 15) is 4.79 Å². The van der Waals surface area contributed by atoms with Gasteiger partial charge in [0.2, 0.25) is 5.91 Å². The van der Waals surface area contributed by atoms with E-state index in [0.717, 1.165) is 25.8 Å². The molecule has 1 saturated carbocycles. The molecule has 0 aromatic carbocycles. The van der Waals surface area contributed by atoms with Gasteiger partial charge < -0.3 is 5.32 Å². The molecule has 1 aliphatic carbocycles. The molecule has 2 nitrogen and oxygen atoms in total. The van der Waals surface area contributed by atoms with Crippen molar-refractivity contribution in [2.24, 2.45) is 11.3 Å². The zero-order chi connectivity index (χ0) is 9.90. The van der Waals surface area contributed by atoms with Crippen LogP contribution < -0.4 is 5.32 Å². The SMILES string of the molecule is CC(C)(CCCl)CNC(=O)C1CC1. The van der Waals surface area contributed by atoms with E-state index < -0.39 is 0 Å². The molecule has 0 radical (unpaired) electrons. The van der Waals surface area contributed by atoms with Crippen LogP contribution in [0.3, 0.4) is 0 Å². The lowest BCUT2D eigenvalue weighted by molar-refractivity contribution is -0.122. The van der Waals surface area contributed by atoms with E-state index in [-0.39, 0.29) is 11.3 Å². The molecule has 0 atom stereocenters. The smallest absolute Gasteiger partial charge is 0.223 e. The molecular weight excluding hydrogens is 186 g/mol. The number of rotatable bonds is 5. The van der Waals surface area contributed by atoms with Gasteiger partial charge in [-0.1, -0.05) is 13.8 Å². The maximum Gasteiger partial charge on any atom is 0.223 e. The Morgan fingerprint density at radius 2 is 2.15 bits per heavy atom. The Balaban J connectivity index is 2.19. The quantitative estimate of drug-likeness (QED) is 0.682. The van der Waals surface area contributed by atoms with Crippen molar-refractivity contribution in [1.29, 1.82) is 0 Å². The Morgan fingerprint density at radius 1 is 1.54 bits per heavy atom. The Bertz CT molecular complexity index is 187. The molecule has 0 bridgehead atoms. The largest absolute Gasteiger partial charge is 0.355 e. The molecular formula is C10H18ClNO. The molecule has 0 spiro atoms. The van der Waals surface area contributed by atoms with Gasteiger partial charge in [0.1, 0.15) is 0 Å². The molecule has 1 rings (SSSR count). The molecule has 76 valence electrons. The fourth-order valence-corrected chi connectivity index (χ4v) is 1.67. The van der Waals surface area contributed by atoms with Crippen molar-refractivity contribution in [3.8, 4) is 0 Å². The average Bonchev–Trinajstić information content (AvgIpc) is 2.82. The fourth-order valence-electron chi connectivity index (χ4n) is 1.16. The molecule has 0 aromatic rings. The van der Waals surface area contributed by atoms with Crippen LogP contribution in [-0.2, 0) is 4.79 Å². The van der Waals surface area contributed by atoms with E-state index in [4.69, 9.17) is 11.6 Å². The Labute approximate surface area is 85.0 Å². The summed E-state index contributed by atoms with van der Waals surface area (Å²) in [4.78, 5) is 11.3. The van der Waals surface area contributed by atoms with Crippen LogP contribution in [0.15, 0.2) is 0 Å². The second kappa shape index (κ2) is 4.32. The molecule has 0 aliphatic heterocycles. The molecule has 0 aromatic heterocycles. The van der Waals surface area contributed by atoms with Gasteiger partial charge in [-0.2, -0.15) is 0 Å². The minimum Gasteiger partial charge on any atom is -0.355 e. The van der Waals surface area contributed by atoms with Crippen LogP contribution in [0.2, 0.25) is 0 Å². The first-order valence-electron chi connectivity index (χ1n) is 4.89. The van der Waals surface area contributed by atoms with E-state index in [1.165, 1.54) is 0 Å². The molecule has 0 saturated heterocycles. The third kappa shape index (κ3) is 3.99. The number of amides is 1. The van der Waals surface area contributed by atoms with Crippen LogP contribution in [0.4, 0.5) is 0 Å². The van der Waals surface area contributed by atoms with E-state index in [2.05, 4.69) is 19.2 Å². The first kappa shape index (κ1) is 10.8. The Morgan fingerprint density at radius 3 is 2.62 bits per heavy atom. The molecule has 1 aliphatic rings. The van der Waals surface area contributed by atoms with Crippen LogP contribution >= 0.6 is 11.6 Å². The van der Waals surface area contributed by atoms with Crippen LogP contribution in [0.5, 0.6) is 0 Å². The van der Waals surface area contributed by atoms with Crippen molar-refractivity contribution in [3.05, 3.63) is 0 Å². The lowest BCUT2D eigenvalue weighted by atomic mass is 9.90. The normalized spacial score (nSPS) is 17.2. The summed E-state index contributed by atoms with van der Waals surface area (Å²) < 4.78 is 0. The highest BCUT2D eigenvalue weighted by Crippen LogP contribution is 2.29. The number of hydrogen-bond donors (Lipinski definition) is 1. The summed E-state index contributed by atoms with van der Waals surface area (Å²) in [6.45, 7) is 5.00. The highest BCUT2D eigenvalue weighted by molar-refractivity contribution is 6.17. The zero-order valence-corrected chi connectivity index (χ0v) is 9.16. The number of carbonyl (C=O) groups is 1. The first-order valence-corrected chi connectivity index (χ1v) is 5.42. The number of carbonyl (C=O) groups excluding carboxylic acids is 1. The summed E-state index contributed by atoms with van der Waals surface area (Å²) in [6.07, 6.45) is 3.09. The minimum atomic E-state index is 0.131. The van der Waals surface area contributed by atoms with Gasteiger partial charge in [-0.15, -0.1) is 11.6 Å². The predicted molar refractivity (Wildman–Crippen MR) is 54.9 cm³/mol. The van der Waals surface area contributed by atoms with Gasteiger partial charge in [0.15, 0.2) is 0 Å². The van der Waals surface area contributed by atoms with E-state index in [1.807, 2.05) is 0 Å². The number of nitrogens with one attached hydrogen (secondary N) is 1. The summed E-state index contributed by atoms with van der Waals surface area (Å²) in [5.74, 6) is 1.20. The Kier molecular flexibility index (Phi) is 3.60. The van der Waals surface area contributed by atoms with Gasteiger partial charge in [0.25, 0.3) is 0 Å². The lowest BCUT2D eigenvalue weighted by Gasteiger charge is -2.23. The van der Waals surface area contributed by atoms with Crippen LogP contribution in [0.25, 0.3) is 0 Å². The van der Waals surface area contributed by atoms with E-state index in [0.29, 0.717) is 11.8 Å². The van der Waals surface area contributed by atoms with Gasteiger partial charge in [-0.05, 0) is 24.7 Å². The lowest BCUT2D eigenvalue weighted by Crippen LogP contribution is -2.35. The van der Waals surface area contributed by atoms with Crippen LogP contribution in [-0.4, -0.2) is 18.3 Å². The molecule has 13 heavy (non-hydrogen) atoms. The highest BCUT2D eigenvalue weighted by Gasteiger charge is 2.30. The molecule has 1 fully saturated rings. The second-order valence-electron chi connectivity index (χ2n) is 4.60. The fraction of sp³-hybridized carbons (Fsp3) is 0.900. The van der Waals surface area contributed by atoms with Crippen LogP contribution in [0.1, 0.15) is 33.1 Å². The van der Waals surface area contributed by atoms with Crippen molar-refractivity contribution < 1.29 is 4.79 Å². The molecule has 3 heteroatoms. The third-order valence-electron chi connectivity index (χ3n) is 2.46. The number of alkyl halides is 1. The van der Waals surface area contributed by atoms with Gasteiger partial charge in [0.05, 0.1) is 0 Å². The van der Waals surface area contributed by atoms with Crippen molar-refractivity contribution in [2.75, 3.05) is 12.4 Å². The molecule has 0 heterocycles. The third-order valence-corrected chi connectivity index (χ3v) is 2.65. The summed E-state index contributed by atoms with van der Waals surface area (Å²) in [5, 5.41) is 2.97. The van der Waals surface area contributed by atoms with Gasteiger partial charge in [-0.3, -0.25) is 4.79 Å². The van der Waals surface area contributed by atoms with E-state index in [1.54, 1.807) is 0 Å². The van der Waals surface area contributed by atoms with Gasteiger partial charge in [0, 0.05) is 18.3 Å². The second-order valence-corrected chi connectivity index (χ2v) is 4.97. The van der Waals surface area contributed by atoms with Crippen molar-refractivity contribution in [3.63, 3.8) is 0 Å². The minimum absolute atomic E-state index is 0.131. The van der Waals surface area contributed by atoms with Crippen molar-refractivity contribution in [1.82, 2.24) is 5.32 Å². The standard InChI is InChI=1S/C10H18ClNO/c1-10(2,5-6-11)7-12-9(13)8-3-4-8/h8H,3-7H2,1-2H3,(H,12,13). The first-order chi connectivity index (χ1) is 6.05. The van der Waals surface area contributed by atoms with Crippen molar-refractivity contribution in [2.45, 2.75) is 33.1 Å². The molecule has 1 N–H and O–H groups in total. The maximum absolute atomic E-state index is 11.3. The monoisotopic (exact) mass is 203 g/mol. The average molecular weight is 204 g/mol. The number of halogens is 1. The highest BCUT2D eigenvalue weighted by atomic mass is 35.5. The summed E-state index contributed by atoms with van der Waals surface area (Å²) in [7, 11) is 0. The van der Waals surface area contributed by atoms with Crippen LogP contribution in [0, 0.1) is 11.3 Å². The topological polar surface area (TPSA) is 29.1 Å². The zero-order valence-electron chi connectivity index (χ0n) is 8.40. The Hall–Kier alpha value is -0.240. The summed E-state index contributed by atoms with van der Waals surface area (Å²) in [5.41, 5.74) is 0.131. The van der Waals surface area contributed by atoms with Gasteiger partial charge in [-0.25, -0.2) is 0 Å². The number of hydrogen-bond acceptors (Lipinski definition) is 1. The van der Waals surface area contributed by atoms with Crippen molar-refractivity contribution >= 4 is 17.5 Å². The predicted octanol–water partition coefficient (Wildman–Crippen LogP) is 2.17.